The molecule has 14 nitrogen and oxygen atoms in total. The van der Waals surface area contributed by atoms with Crippen molar-refractivity contribution in [2.24, 2.45) is 17.3 Å². The van der Waals surface area contributed by atoms with Gasteiger partial charge in [0, 0.05) is 62.7 Å². The van der Waals surface area contributed by atoms with Crippen LogP contribution in [0.4, 0.5) is 4.79 Å². The molecular formula is C50H84N6O8S. The number of aromatic hydroxyl groups is 1. The number of thiazole rings is 1. The number of rotatable bonds is 28. The van der Waals surface area contributed by atoms with Crippen molar-refractivity contribution in [2.75, 3.05) is 39.3 Å². The van der Waals surface area contributed by atoms with E-state index in [1.807, 2.05) is 27.7 Å². The Bertz CT molecular complexity index is 1750. The highest BCUT2D eigenvalue weighted by Crippen LogP contribution is 2.32. The van der Waals surface area contributed by atoms with Crippen molar-refractivity contribution in [3.05, 3.63) is 45.9 Å². The lowest BCUT2D eigenvalue weighted by atomic mass is 9.84. The summed E-state index contributed by atoms with van der Waals surface area (Å²) < 4.78 is 11.9. The second-order valence-electron chi connectivity index (χ2n) is 20.0. The normalized spacial score (nSPS) is 17.2. The summed E-state index contributed by atoms with van der Waals surface area (Å²) in [5.41, 5.74) is -0.582. The number of aliphatic carboxylic acids is 1. The summed E-state index contributed by atoms with van der Waals surface area (Å²) in [4.78, 5) is 62.9. The van der Waals surface area contributed by atoms with Gasteiger partial charge in [0.15, 0.2) is 0 Å². The second-order valence-corrected chi connectivity index (χ2v) is 20.9. The topological polar surface area (TPSA) is 183 Å². The van der Waals surface area contributed by atoms with Crippen LogP contribution in [0.15, 0.2) is 29.6 Å². The van der Waals surface area contributed by atoms with Gasteiger partial charge >= 0.3 is 12.1 Å². The Hall–Kier alpha value is -3.79. The molecule has 5 N–H and O–H groups in total. The molecule has 0 aliphatic carbocycles. The molecule has 0 radical (unpaired) electrons. The predicted octanol–water partition coefficient (Wildman–Crippen LogP) is 8.98. The number of ether oxygens (including phenoxy) is 2. The molecule has 0 spiro atoms. The van der Waals surface area contributed by atoms with E-state index in [0.717, 1.165) is 63.5 Å². The molecule has 15 heteroatoms. The number of carbonyl (C=O) groups excluding carboxylic acids is 3. The quantitative estimate of drug-likeness (QED) is 0.0514. The lowest BCUT2D eigenvalue weighted by Crippen LogP contribution is -2.57. The number of nitrogens with zero attached hydrogens (tertiary/aromatic N) is 3. The number of nitrogens with one attached hydrogen (secondary N) is 3. The van der Waals surface area contributed by atoms with Gasteiger partial charge in [-0.2, -0.15) is 0 Å². The van der Waals surface area contributed by atoms with Crippen LogP contribution in [0.25, 0.3) is 0 Å². The monoisotopic (exact) mass is 929 g/mol. The summed E-state index contributed by atoms with van der Waals surface area (Å²) in [6.07, 6.45) is 8.34. The number of carbonyl (C=O) groups is 4. The van der Waals surface area contributed by atoms with Gasteiger partial charge in [0.2, 0.25) is 5.91 Å². The predicted molar refractivity (Wildman–Crippen MR) is 259 cm³/mol. The smallest absolute Gasteiger partial charge is 0.407 e. The maximum Gasteiger partial charge on any atom is 0.407 e. The minimum atomic E-state index is -1.10. The Kier molecular flexibility index (Phi) is 23.2. The van der Waals surface area contributed by atoms with E-state index < -0.39 is 47.2 Å². The summed E-state index contributed by atoms with van der Waals surface area (Å²) in [5.74, 6) is -0.959. The fraction of sp³-hybridized carbons (Fsp3) is 0.740. The van der Waals surface area contributed by atoms with Crippen molar-refractivity contribution in [3.8, 4) is 5.75 Å². The molecule has 0 saturated carbocycles. The molecule has 1 aromatic carbocycles. The van der Waals surface area contributed by atoms with E-state index in [0.29, 0.717) is 50.6 Å². The van der Waals surface area contributed by atoms with Crippen molar-refractivity contribution in [1.82, 2.24) is 30.7 Å². The van der Waals surface area contributed by atoms with E-state index in [9.17, 15) is 24.6 Å². The summed E-state index contributed by atoms with van der Waals surface area (Å²) in [5, 5.41) is 31.9. The number of alkyl carbamates (subject to hydrolysis) is 1. The van der Waals surface area contributed by atoms with Gasteiger partial charge in [0.1, 0.15) is 28.2 Å². The van der Waals surface area contributed by atoms with Gasteiger partial charge in [0.05, 0.1) is 11.5 Å². The first-order valence-corrected chi connectivity index (χ1v) is 25.2. The number of carboxylic acid groups (broad SMARTS) is 1. The third kappa shape index (κ3) is 18.8. The third-order valence-electron chi connectivity index (χ3n) is 12.5. The fourth-order valence-corrected chi connectivity index (χ4v) is 9.43. The standard InChI is InChI=1S/C50H84N6O8S/c1-12-15-16-18-27-56(46(59)43(35(6)13-2)52-32-38-20-17-19-26-55(38)28-25-51-48(62)64-49(7,8)9)41(34(4)5)30-42(63-14-3)45-54-40(33-65-45)44(58)53-37(31-50(10,11)47(60)61)29-36-21-23-39(57)24-22-36/h21-24,33-35,37-38,41-43,52,57H,12-20,25-32H2,1-11H3,(H,51,62)(H,53,58)(H,60,61)/t35-,37-,38?,41+,42+,43-/m0/s1. The van der Waals surface area contributed by atoms with E-state index in [2.05, 4.69) is 60.4 Å². The zero-order valence-corrected chi connectivity index (χ0v) is 42.4. The molecule has 3 rings (SSSR count). The highest BCUT2D eigenvalue weighted by atomic mass is 32.1. The summed E-state index contributed by atoms with van der Waals surface area (Å²) in [6, 6.07) is 5.83. The number of likely N-dealkylation sites (tertiary alicyclic amines) is 1. The molecule has 1 aliphatic heterocycles. The number of benzene rings is 1. The van der Waals surface area contributed by atoms with Crippen LogP contribution in [0.5, 0.6) is 5.75 Å². The zero-order valence-electron chi connectivity index (χ0n) is 41.5. The van der Waals surface area contributed by atoms with Gasteiger partial charge in [-0.15, -0.1) is 11.3 Å². The summed E-state index contributed by atoms with van der Waals surface area (Å²) in [7, 11) is 0. The van der Waals surface area contributed by atoms with E-state index in [-0.39, 0.29) is 47.7 Å². The van der Waals surface area contributed by atoms with Crippen LogP contribution >= 0.6 is 11.3 Å². The van der Waals surface area contributed by atoms with Crippen LogP contribution < -0.4 is 16.0 Å². The molecule has 2 heterocycles. The van der Waals surface area contributed by atoms with E-state index in [1.54, 1.807) is 43.5 Å². The zero-order chi connectivity index (χ0) is 48.3. The molecule has 1 fully saturated rings. The van der Waals surface area contributed by atoms with Crippen LogP contribution in [0, 0.1) is 17.3 Å². The number of carboxylic acids is 1. The van der Waals surface area contributed by atoms with Crippen LogP contribution in [0.1, 0.15) is 168 Å². The SMILES string of the molecule is CCCCCCN(C(=O)[C@@H](NCC1CCCCN1CCNC(=O)OC(C)(C)C)[C@@H](C)CC)[C@H](C[C@@H](OCC)c1nc(C(=O)N[C@@H](Cc2ccc(O)cc2)CC(C)(C)C(=O)O)cs1)C(C)C. The van der Waals surface area contributed by atoms with Crippen LogP contribution in [-0.4, -0.2) is 118 Å². The lowest BCUT2D eigenvalue weighted by molar-refractivity contribution is -0.147. The van der Waals surface area contributed by atoms with Gasteiger partial charge in [-0.05, 0) is 110 Å². The van der Waals surface area contributed by atoms with Crippen molar-refractivity contribution in [2.45, 2.75) is 183 Å². The molecule has 1 aromatic heterocycles. The average Bonchev–Trinajstić information content (AvgIpc) is 3.74. The van der Waals surface area contributed by atoms with Crippen molar-refractivity contribution >= 4 is 35.2 Å². The number of hydrogen-bond acceptors (Lipinski definition) is 11. The molecule has 65 heavy (non-hydrogen) atoms. The van der Waals surface area contributed by atoms with Crippen molar-refractivity contribution < 1.29 is 38.9 Å². The van der Waals surface area contributed by atoms with Crippen LogP contribution in [-0.2, 0) is 25.5 Å². The van der Waals surface area contributed by atoms with E-state index >= 15 is 4.79 Å². The summed E-state index contributed by atoms with van der Waals surface area (Å²) in [6.45, 7) is 25.4. The Morgan fingerprint density at radius 3 is 2.32 bits per heavy atom. The second kappa shape index (κ2) is 27.1. The maximum atomic E-state index is 15.2. The largest absolute Gasteiger partial charge is 0.508 e. The number of phenolic OH excluding ortho intramolecular Hbond substituents is 1. The van der Waals surface area contributed by atoms with Crippen molar-refractivity contribution in [1.29, 1.82) is 0 Å². The van der Waals surface area contributed by atoms with Gasteiger partial charge in [-0.1, -0.05) is 78.9 Å². The third-order valence-corrected chi connectivity index (χ3v) is 13.5. The van der Waals surface area contributed by atoms with E-state index in [4.69, 9.17) is 14.5 Å². The van der Waals surface area contributed by atoms with Gasteiger partial charge in [-0.25, -0.2) is 9.78 Å². The first-order valence-electron chi connectivity index (χ1n) is 24.3. The Morgan fingerprint density at radius 2 is 1.71 bits per heavy atom. The Morgan fingerprint density at radius 1 is 1.00 bits per heavy atom. The van der Waals surface area contributed by atoms with Crippen LogP contribution in [0.3, 0.4) is 0 Å². The molecule has 3 amide bonds. The Balaban J connectivity index is 1.85. The molecule has 368 valence electrons. The number of unbranched alkanes of at least 4 members (excludes halogenated alkanes) is 3. The van der Waals surface area contributed by atoms with Crippen molar-refractivity contribution in [3.63, 3.8) is 0 Å². The van der Waals surface area contributed by atoms with Gasteiger partial charge in [-0.3, -0.25) is 19.3 Å². The minimum Gasteiger partial charge on any atom is -0.508 e. The van der Waals surface area contributed by atoms with Gasteiger partial charge in [0.25, 0.3) is 5.91 Å². The minimum absolute atomic E-state index is 0.0843. The number of hydrogen-bond donors (Lipinski definition) is 5. The molecule has 0 bridgehead atoms. The number of phenols is 1. The van der Waals surface area contributed by atoms with Crippen LogP contribution in [0.2, 0.25) is 0 Å². The molecule has 1 unspecified atom stereocenters. The number of amides is 3. The molecule has 2 aromatic rings. The summed E-state index contributed by atoms with van der Waals surface area (Å²) >= 11 is 1.35. The van der Waals surface area contributed by atoms with E-state index in [1.165, 1.54) is 11.3 Å². The fourth-order valence-electron chi connectivity index (χ4n) is 8.57. The lowest BCUT2D eigenvalue weighted by Gasteiger charge is -2.41. The average molecular weight is 929 g/mol. The molecule has 1 saturated heterocycles. The number of piperidine rings is 1. The molecule has 1 aliphatic rings. The Labute approximate surface area is 394 Å². The first kappa shape index (κ1) is 55.5. The molecule has 6 atom stereocenters. The number of aromatic nitrogens is 1. The molecular weight excluding hydrogens is 845 g/mol. The highest BCUT2D eigenvalue weighted by Gasteiger charge is 2.37. The van der Waals surface area contributed by atoms with Gasteiger partial charge < -0.3 is 40.5 Å². The first-order chi connectivity index (χ1) is 30.7. The maximum absolute atomic E-state index is 15.2. The highest BCUT2D eigenvalue weighted by molar-refractivity contribution is 7.09.